The van der Waals surface area contributed by atoms with Gasteiger partial charge in [-0.15, -0.1) is 6.58 Å². The highest BCUT2D eigenvalue weighted by Gasteiger charge is 2.29. The van der Waals surface area contributed by atoms with Gasteiger partial charge in [0.05, 0.1) is 6.54 Å². The summed E-state index contributed by atoms with van der Waals surface area (Å²) < 4.78 is 0. The highest BCUT2D eigenvalue weighted by atomic mass is 16.2. The fraction of sp³-hybridized carbons (Fsp3) is 0.333. The molecule has 2 amide bonds. The summed E-state index contributed by atoms with van der Waals surface area (Å²) in [6.45, 7) is 4.40. The predicted molar refractivity (Wildman–Crippen MR) is 79.5 cm³/mol. The van der Waals surface area contributed by atoms with Gasteiger partial charge in [-0.2, -0.15) is 0 Å². The molecule has 0 saturated heterocycles. The molecule has 106 valence electrons. The molecule has 20 heavy (non-hydrogen) atoms. The van der Waals surface area contributed by atoms with Crippen LogP contribution in [0.4, 0.5) is 11.4 Å². The van der Waals surface area contributed by atoms with Crippen molar-refractivity contribution in [2.45, 2.75) is 12.8 Å². The Labute approximate surface area is 118 Å². The Bertz CT molecular complexity index is 492. The van der Waals surface area contributed by atoms with Gasteiger partial charge in [-0.3, -0.25) is 9.59 Å². The molecule has 0 spiro atoms. The van der Waals surface area contributed by atoms with E-state index in [-0.39, 0.29) is 24.3 Å². The smallest absolute Gasteiger partial charge is 0.238 e. The summed E-state index contributed by atoms with van der Waals surface area (Å²) in [5.41, 5.74) is 1.46. The van der Waals surface area contributed by atoms with Gasteiger partial charge in [0.25, 0.3) is 0 Å². The highest BCUT2D eigenvalue weighted by molar-refractivity contribution is 5.95. The molecule has 0 heterocycles. The Morgan fingerprint density at radius 3 is 2.30 bits per heavy atom. The third-order valence-corrected chi connectivity index (χ3v) is 2.96. The van der Waals surface area contributed by atoms with E-state index in [1.807, 2.05) is 0 Å². The minimum Gasteiger partial charge on any atom is -0.326 e. The summed E-state index contributed by atoms with van der Waals surface area (Å²) in [4.78, 5) is 23.2. The summed E-state index contributed by atoms with van der Waals surface area (Å²) in [5, 5.41) is 8.54. The molecule has 0 radical (unpaired) electrons. The summed E-state index contributed by atoms with van der Waals surface area (Å²) in [5.74, 6) is 0.155. The van der Waals surface area contributed by atoms with Crippen LogP contribution in [0.15, 0.2) is 36.9 Å². The van der Waals surface area contributed by atoms with Crippen LogP contribution in [-0.4, -0.2) is 24.9 Å². The maximum atomic E-state index is 11.6. The molecule has 1 fully saturated rings. The Balaban J connectivity index is 1.79. The van der Waals surface area contributed by atoms with Crippen molar-refractivity contribution in [1.82, 2.24) is 5.32 Å². The van der Waals surface area contributed by atoms with Crippen molar-refractivity contribution in [3.63, 3.8) is 0 Å². The first-order valence-corrected chi connectivity index (χ1v) is 6.71. The molecule has 5 nitrogen and oxygen atoms in total. The molecule has 0 atom stereocenters. The number of carbonyl (C=O) groups is 2. The lowest BCUT2D eigenvalue weighted by Gasteiger charge is -2.08. The maximum absolute atomic E-state index is 11.6. The van der Waals surface area contributed by atoms with Crippen molar-refractivity contribution in [3.8, 4) is 0 Å². The van der Waals surface area contributed by atoms with Gasteiger partial charge in [0.1, 0.15) is 0 Å². The second kappa shape index (κ2) is 6.86. The second-order valence-corrected chi connectivity index (χ2v) is 4.81. The van der Waals surface area contributed by atoms with E-state index in [2.05, 4.69) is 22.5 Å². The minimum atomic E-state index is -0.110. The van der Waals surface area contributed by atoms with Gasteiger partial charge >= 0.3 is 0 Å². The molecule has 0 aliphatic heterocycles. The zero-order valence-electron chi connectivity index (χ0n) is 11.3. The minimum absolute atomic E-state index is 0.0791. The fourth-order valence-electron chi connectivity index (χ4n) is 1.72. The van der Waals surface area contributed by atoms with Crippen molar-refractivity contribution in [3.05, 3.63) is 36.9 Å². The number of benzene rings is 1. The molecule has 1 aliphatic carbocycles. The third-order valence-electron chi connectivity index (χ3n) is 2.96. The molecule has 1 saturated carbocycles. The van der Waals surface area contributed by atoms with Crippen LogP contribution in [0.2, 0.25) is 0 Å². The molecule has 5 heteroatoms. The van der Waals surface area contributed by atoms with Crippen LogP contribution in [-0.2, 0) is 9.59 Å². The highest BCUT2D eigenvalue weighted by Crippen LogP contribution is 2.30. The Morgan fingerprint density at radius 1 is 1.15 bits per heavy atom. The van der Waals surface area contributed by atoms with Crippen LogP contribution in [0.25, 0.3) is 0 Å². The zero-order valence-corrected chi connectivity index (χ0v) is 11.3. The van der Waals surface area contributed by atoms with Crippen molar-refractivity contribution in [2.75, 3.05) is 23.7 Å². The second-order valence-electron chi connectivity index (χ2n) is 4.81. The lowest BCUT2D eigenvalue weighted by atomic mass is 10.2. The van der Waals surface area contributed by atoms with Crippen molar-refractivity contribution >= 4 is 23.2 Å². The summed E-state index contributed by atoms with van der Waals surface area (Å²) in [6.07, 6.45) is 3.67. The van der Waals surface area contributed by atoms with E-state index in [4.69, 9.17) is 0 Å². The Hall–Kier alpha value is -2.14. The molecule has 0 bridgehead atoms. The number of anilines is 2. The number of amides is 2. The standard InChI is InChI=1S/C15H19N3O2/c1-2-9-16-10-14(19)17-12-5-7-13(8-6-12)18-15(20)11-3-4-11/h2,5-8,11,16H,1,3-4,9-10H2,(H,17,19)(H,18,20). The van der Waals surface area contributed by atoms with Gasteiger partial charge < -0.3 is 16.0 Å². The van der Waals surface area contributed by atoms with E-state index in [0.717, 1.165) is 18.5 Å². The molecular weight excluding hydrogens is 254 g/mol. The van der Waals surface area contributed by atoms with E-state index in [0.29, 0.717) is 12.2 Å². The maximum Gasteiger partial charge on any atom is 0.238 e. The molecule has 1 aromatic rings. The molecule has 0 aromatic heterocycles. The average Bonchev–Trinajstić information content (AvgIpc) is 3.26. The van der Waals surface area contributed by atoms with Gasteiger partial charge in [0.2, 0.25) is 11.8 Å². The van der Waals surface area contributed by atoms with Gasteiger partial charge in [-0.05, 0) is 37.1 Å². The predicted octanol–water partition coefficient (Wildman–Crippen LogP) is 1.75. The summed E-state index contributed by atoms with van der Waals surface area (Å²) in [6, 6.07) is 7.11. The van der Waals surface area contributed by atoms with E-state index in [1.54, 1.807) is 30.3 Å². The SMILES string of the molecule is C=CCNCC(=O)Nc1ccc(NC(=O)C2CC2)cc1. The topological polar surface area (TPSA) is 70.2 Å². The van der Waals surface area contributed by atoms with Crippen LogP contribution in [0, 0.1) is 5.92 Å². The van der Waals surface area contributed by atoms with Crippen LogP contribution in [0.5, 0.6) is 0 Å². The first-order valence-electron chi connectivity index (χ1n) is 6.71. The first-order chi connectivity index (χ1) is 9.69. The van der Waals surface area contributed by atoms with E-state index >= 15 is 0 Å². The third kappa shape index (κ3) is 4.51. The summed E-state index contributed by atoms with van der Waals surface area (Å²) in [7, 11) is 0. The fourth-order valence-corrected chi connectivity index (χ4v) is 1.72. The van der Waals surface area contributed by atoms with E-state index in [1.165, 1.54) is 0 Å². The van der Waals surface area contributed by atoms with Crippen molar-refractivity contribution < 1.29 is 9.59 Å². The van der Waals surface area contributed by atoms with E-state index in [9.17, 15) is 9.59 Å². The lowest BCUT2D eigenvalue weighted by Crippen LogP contribution is -2.28. The van der Waals surface area contributed by atoms with Crippen LogP contribution in [0.3, 0.4) is 0 Å². The van der Waals surface area contributed by atoms with Crippen LogP contribution < -0.4 is 16.0 Å². The van der Waals surface area contributed by atoms with Crippen LogP contribution >= 0.6 is 0 Å². The molecule has 1 aromatic carbocycles. The molecule has 1 aliphatic rings. The van der Waals surface area contributed by atoms with E-state index < -0.39 is 0 Å². The Kier molecular flexibility index (Phi) is 4.90. The monoisotopic (exact) mass is 273 g/mol. The zero-order chi connectivity index (χ0) is 14.4. The lowest BCUT2D eigenvalue weighted by molar-refractivity contribution is -0.117. The first kappa shape index (κ1) is 14.3. The molecule has 2 rings (SSSR count). The number of carbonyl (C=O) groups excluding carboxylic acids is 2. The summed E-state index contributed by atoms with van der Waals surface area (Å²) >= 11 is 0. The van der Waals surface area contributed by atoms with Gasteiger partial charge in [-0.1, -0.05) is 6.08 Å². The normalized spacial score (nSPS) is 13.6. The van der Waals surface area contributed by atoms with Gasteiger partial charge in [-0.25, -0.2) is 0 Å². The number of nitrogens with one attached hydrogen (secondary N) is 3. The van der Waals surface area contributed by atoms with Gasteiger partial charge in [0.15, 0.2) is 0 Å². The van der Waals surface area contributed by atoms with Gasteiger partial charge in [0, 0.05) is 23.8 Å². The van der Waals surface area contributed by atoms with Crippen molar-refractivity contribution in [2.24, 2.45) is 5.92 Å². The average molecular weight is 273 g/mol. The number of hydrogen-bond donors (Lipinski definition) is 3. The molecule has 3 N–H and O–H groups in total. The van der Waals surface area contributed by atoms with Crippen LogP contribution in [0.1, 0.15) is 12.8 Å². The molecular formula is C15H19N3O2. The Morgan fingerprint density at radius 2 is 1.75 bits per heavy atom. The molecule has 0 unspecified atom stereocenters. The number of hydrogen-bond acceptors (Lipinski definition) is 3. The largest absolute Gasteiger partial charge is 0.326 e. The number of rotatable bonds is 7. The van der Waals surface area contributed by atoms with Crippen molar-refractivity contribution in [1.29, 1.82) is 0 Å². The quantitative estimate of drug-likeness (QED) is 0.523.